The molecule has 2 nitrogen and oxygen atoms in total. The molecule has 0 N–H and O–H groups in total. The van der Waals surface area contributed by atoms with E-state index in [9.17, 15) is 0 Å². The molecule has 0 amide bonds. The quantitative estimate of drug-likeness (QED) is 0.669. The summed E-state index contributed by atoms with van der Waals surface area (Å²) in [7, 11) is 0. The van der Waals surface area contributed by atoms with Crippen molar-refractivity contribution in [2.45, 2.75) is 0 Å². The molecule has 0 radical (unpaired) electrons. The number of rotatable bonds is 0. The topological polar surface area (TPSA) is 47.6 Å². The number of hydrogen-bond acceptors (Lipinski definition) is 4. The summed E-state index contributed by atoms with van der Waals surface area (Å²) >= 11 is 3.53. The molecule has 0 bridgehead atoms. The van der Waals surface area contributed by atoms with Gasteiger partial charge in [0, 0.05) is 0 Å². The first-order valence-electron chi connectivity index (χ1n) is 3.98. The second-order valence-corrected chi connectivity index (χ2v) is 6.92. The monoisotopic (exact) mass is 296 g/mol. The summed E-state index contributed by atoms with van der Waals surface area (Å²) in [6, 6.07) is 7.78. The van der Waals surface area contributed by atoms with Crippen molar-refractivity contribution in [1.82, 2.24) is 0 Å². The Morgan fingerprint density at radius 3 is 2.40 bits per heavy atom. The Morgan fingerprint density at radius 1 is 1.13 bits per heavy atom. The van der Waals surface area contributed by atoms with E-state index in [4.69, 9.17) is 10.5 Å². The van der Waals surface area contributed by atoms with Crippen molar-refractivity contribution in [3.8, 4) is 12.1 Å². The zero-order chi connectivity index (χ0) is 10.7. The van der Waals surface area contributed by atoms with Gasteiger partial charge in [-0.15, -0.1) is 0 Å². The van der Waals surface area contributed by atoms with Crippen LogP contribution in [0.5, 0.6) is 0 Å². The van der Waals surface area contributed by atoms with E-state index >= 15 is 0 Å². The van der Waals surface area contributed by atoms with Crippen LogP contribution in [0.1, 0.15) is 0 Å². The summed E-state index contributed by atoms with van der Waals surface area (Å²) in [6.45, 7) is 0. The zero-order valence-electron chi connectivity index (χ0n) is 7.43. The minimum atomic E-state index is 0.113. The molecule has 2 heterocycles. The summed E-state index contributed by atoms with van der Waals surface area (Å²) in [6.07, 6.45) is 0. The molecule has 72 valence electrons. The third kappa shape index (κ3) is 2.22. The van der Waals surface area contributed by atoms with Gasteiger partial charge < -0.3 is 0 Å². The van der Waals surface area contributed by atoms with Gasteiger partial charge in [0.2, 0.25) is 0 Å². The fourth-order valence-corrected chi connectivity index (χ4v) is 5.34. The molecule has 15 heavy (non-hydrogen) atoms. The second-order valence-electron chi connectivity index (χ2n) is 2.56. The molecule has 0 atom stereocenters. The average Bonchev–Trinajstić information content (AvgIpc) is 2.89. The van der Waals surface area contributed by atoms with E-state index in [0.29, 0.717) is 0 Å². The maximum atomic E-state index is 8.74. The minimum absolute atomic E-state index is 0.113. The molecule has 5 heteroatoms. The molecule has 1 aliphatic heterocycles. The van der Waals surface area contributed by atoms with Gasteiger partial charge in [0.15, 0.2) is 0 Å². The summed E-state index contributed by atoms with van der Waals surface area (Å²) in [4.78, 5) is 0. The van der Waals surface area contributed by atoms with Crippen LogP contribution in [-0.2, 0) is 0 Å². The van der Waals surface area contributed by atoms with Gasteiger partial charge in [-0.05, 0) is 0 Å². The van der Waals surface area contributed by atoms with Gasteiger partial charge >= 0.3 is 102 Å². The molecule has 0 aromatic carbocycles. The molecule has 1 aliphatic rings. The van der Waals surface area contributed by atoms with Gasteiger partial charge in [0.05, 0.1) is 0 Å². The van der Waals surface area contributed by atoms with Gasteiger partial charge in [-0.2, -0.15) is 0 Å². The van der Waals surface area contributed by atoms with Crippen LogP contribution < -0.4 is 8.19 Å². The summed E-state index contributed by atoms with van der Waals surface area (Å²) < 4.78 is 3.43. The molecule has 0 saturated heterocycles. The molecule has 0 aliphatic carbocycles. The van der Waals surface area contributed by atoms with Crippen LogP contribution in [0, 0.1) is 22.7 Å². The van der Waals surface area contributed by atoms with Crippen LogP contribution in [0.2, 0.25) is 0 Å². The van der Waals surface area contributed by atoms with Crippen molar-refractivity contribution in [3.05, 3.63) is 31.1 Å². The van der Waals surface area contributed by atoms with Gasteiger partial charge in [-0.1, -0.05) is 0 Å². The fraction of sp³-hybridized carbons (Fsp3) is 0. The van der Waals surface area contributed by atoms with E-state index < -0.39 is 0 Å². The van der Waals surface area contributed by atoms with E-state index in [2.05, 4.69) is 0 Å². The van der Waals surface area contributed by atoms with Crippen molar-refractivity contribution < 1.29 is 0 Å². The number of nitriles is 2. The Kier molecular flexibility index (Phi) is 3.41. The second kappa shape index (κ2) is 4.79. The van der Waals surface area contributed by atoms with Crippen LogP contribution in [0.25, 0.3) is 9.81 Å². The van der Waals surface area contributed by atoms with E-state index in [0.717, 1.165) is 4.09 Å². The number of thioether (sulfide) groups is 2. The molecule has 1 aromatic heterocycles. The van der Waals surface area contributed by atoms with E-state index in [1.807, 2.05) is 35.1 Å². The Bertz CT molecular complexity index is 587. The number of hydrogen-bond donors (Lipinski definition) is 0. The summed E-state index contributed by atoms with van der Waals surface area (Å²) in [5.74, 6) is 0. The molecule has 0 fully saturated rings. The average molecular weight is 295 g/mol. The Morgan fingerprint density at radius 2 is 1.80 bits per heavy atom. The number of nitrogens with zero attached hydrogens (tertiary/aromatic N) is 2. The van der Waals surface area contributed by atoms with Gasteiger partial charge in [-0.3, -0.25) is 0 Å². The van der Waals surface area contributed by atoms with Crippen LogP contribution >= 0.6 is 23.5 Å². The molecular weight excluding hydrogens is 291 g/mol. The van der Waals surface area contributed by atoms with Crippen molar-refractivity contribution in [3.63, 3.8) is 0 Å². The van der Waals surface area contributed by atoms with Crippen LogP contribution in [0.3, 0.4) is 0 Å². The standard InChI is InChI=1S/C10H4N2S2Se/c11-5-7(6-12)8-1-2-9(15-8)10-13-3-4-14-10/h1-4H. The maximum absolute atomic E-state index is 8.74. The first-order valence-corrected chi connectivity index (χ1v) is 7.45. The van der Waals surface area contributed by atoms with Crippen molar-refractivity contribution in [1.29, 1.82) is 10.5 Å². The predicted octanol–water partition coefficient (Wildman–Crippen LogP) is 0.958. The van der Waals surface area contributed by atoms with E-state index in [-0.39, 0.29) is 20.1 Å². The molecule has 1 aromatic rings. The van der Waals surface area contributed by atoms with E-state index in [1.54, 1.807) is 23.5 Å². The van der Waals surface area contributed by atoms with Crippen molar-refractivity contribution in [2.24, 2.45) is 0 Å². The third-order valence-electron chi connectivity index (χ3n) is 1.68. The van der Waals surface area contributed by atoms with Crippen LogP contribution in [0.4, 0.5) is 0 Å². The van der Waals surface area contributed by atoms with E-state index in [1.165, 1.54) is 8.33 Å². The zero-order valence-corrected chi connectivity index (χ0v) is 10.8. The third-order valence-corrected chi connectivity index (χ3v) is 6.78. The first kappa shape index (κ1) is 10.7. The Hall–Kier alpha value is -0.841. The van der Waals surface area contributed by atoms with Gasteiger partial charge in [0.1, 0.15) is 0 Å². The Balaban J connectivity index is 2.60. The molecular formula is C10H4N2S2Se. The molecule has 0 spiro atoms. The SMILES string of the molecule is N#CC(C#N)=c1ccc(=C2SC=CS2)[se]1. The van der Waals surface area contributed by atoms with Crippen molar-refractivity contribution >= 4 is 47.8 Å². The molecule has 2 rings (SSSR count). The van der Waals surface area contributed by atoms with Crippen LogP contribution in [-0.4, -0.2) is 14.5 Å². The predicted molar refractivity (Wildman–Crippen MR) is 65.0 cm³/mol. The summed E-state index contributed by atoms with van der Waals surface area (Å²) in [5.41, 5.74) is 0.253. The Labute approximate surface area is 101 Å². The molecule has 0 saturated carbocycles. The summed E-state index contributed by atoms with van der Waals surface area (Å²) in [5, 5.41) is 21.6. The fourth-order valence-electron chi connectivity index (χ4n) is 1.04. The van der Waals surface area contributed by atoms with Crippen LogP contribution in [0.15, 0.2) is 22.9 Å². The van der Waals surface area contributed by atoms with Gasteiger partial charge in [-0.25, -0.2) is 0 Å². The van der Waals surface area contributed by atoms with Gasteiger partial charge in [0.25, 0.3) is 0 Å². The molecule has 0 unspecified atom stereocenters. The van der Waals surface area contributed by atoms with Crippen molar-refractivity contribution in [2.75, 3.05) is 0 Å². The first-order chi connectivity index (χ1) is 7.35. The normalized spacial score (nSPS) is 13.6.